The van der Waals surface area contributed by atoms with E-state index < -0.39 is 12.1 Å². The molecular formula is C26H40O4. The maximum atomic E-state index is 11.7. The molecule has 0 heterocycles. The van der Waals surface area contributed by atoms with E-state index in [1.807, 2.05) is 30.3 Å². The normalized spacial score (nSPS) is 11.0. The van der Waals surface area contributed by atoms with E-state index in [1.165, 1.54) is 57.8 Å². The van der Waals surface area contributed by atoms with E-state index in [-0.39, 0.29) is 13.0 Å². The minimum Gasteiger partial charge on any atom is -0.429 e. The number of carbonyl (C=O) groups excluding carboxylic acids is 2. The van der Waals surface area contributed by atoms with Crippen molar-refractivity contribution in [2.24, 2.45) is 0 Å². The van der Waals surface area contributed by atoms with E-state index >= 15 is 0 Å². The van der Waals surface area contributed by atoms with E-state index in [1.54, 1.807) is 0 Å². The molecule has 0 N–H and O–H groups in total. The summed E-state index contributed by atoms with van der Waals surface area (Å²) in [5, 5.41) is 0. The first-order chi connectivity index (χ1) is 14.7. The zero-order chi connectivity index (χ0) is 21.7. The van der Waals surface area contributed by atoms with Crippen molar-refractivity contribution in [3.8, 4) is 0 Å². The molecule has 30 heavy (non-hydrogen) atoms. The number of esters is 1. The molecule has 168 valence electrons. The predicted molar refractivity (Wildman–Crippen MR) is 122 cm³/mol. The molecule has 1 rings (SSSR count). The Morgan fingerprint density at radius 3 is 1.97 bits per heavy atom. The maximum Gasteiger partial charge on any atom is 0.516 e. The molecule has 1 aromatic rings. The van der Waals surface area contributed by atoms with Gasteiger partial charge in [-0.1, -0.05) is 101 Å². The highest BCUT2D eigenvalue weighted by atomic mass is 16.7. The Hall–Kier alpha value is -2.10. The van der Waals surface area contributed by atoms with Gasteiger partial charge < -0.3 is 9.47 Å². The van der Waals surface area contributed by atoms with Gasteiger partial charge in [0.25, 0.3) is 0 Å². The molecule has 0 amide bonds. The highest BCUT2D eigenvalue weighted by Crippen LogP contribution is 2.10. The molecule has 4 nitrogen and oxygen atoms in total. The lowest BCUT2D eigenvalue weighted by atomic mass is 10.1. The number of hydrogen-bond donors (Lipinski definition) is 0. The van der Waals surface area contributed by atoms with Crippen LogP contribution in [-0.4, -0.2) is 12.1 Å². The highest BCUT2D eigenvalue weighted by Gasteiger charge is 2.11. The fourth-order valence-electron chi connectivity index (χ4n) is 3.23. The van der Waals surface area contributed by atoms with E-state index in [4.69, 9.17) is 4.74 Å². The molecule has 0 bridgehead atoms. The van der Waals surface area contributed by atoms with Crippen LogP contribution in [0.4, 0.5) is 4.79 Å². The van der Waals surface area contributed by atoms with Gasteiger partial charge in [-0.05, 0) is 37.7 Å². The van der Waals surface area contributed by atoms with Crippen molar-refractivity contribution in [1.82, 2.24) is 0 Å². The SMILES string of the molecule is CCCCCCCCC=CCCCCCCCC(=O)OC(=O)OCc1ccccc1. The summed E-state index contributed by atoms with van der Waals surface area (Å²) >= 11 is 0. The molecule has 0 aromatic heterocycles. The van der Waals surface area contributed by atoms with Crippen molar-refractivity contribution in [2.75, 3.05) is 0 Å². The maximum absolute atomic E-state index is 11.7. The number of hydrogen-bond acceptors (Lipinski definition) is 4. The van der Waals surface area contributed by atoms with Crippen LogP contribution in [0.5, 0.6) is 0 Å². The summed E-state index contributed by atoms with van der Waals surface area (Å²) in [5.41, 5.74) is 0.860. The van der Waals surface area contributed by atoms with Gasteiger partial charge in [0.2, 0.25) is 0 Å². The first-order valence-electron chi connectivity index (χ1n) is 11.8. The third-order valence-electron chi connectivity index (χ3n) is 5.04. The second-order valence-corrected chi connectivity index (χ2v) is 7.83. The Bertz CT molecular complexity index is 580. The molecule has 4 heteroatoms. The molecule has 0 fully saturated rings. The Balaban J connectivity index is 1.87. The Labute approximate surface area is 183 Å². The van der Waals surface area contributed by atoms with Crippen molar-refractivity contribution >= 4 is 12.1 Å². The molecule has 0 aliphatic rings. The Morgan fingerprint density at radius 1 is 0.767 bits per heavy atom. The lowest BCUT2D eigenvalue weighted by molar-refractivity contribution is -0.140. The molecule has 0 atom stereocenters. The minimum atomic E-state index is -0.920. The van der Waals surface area contributed by atoms with Crippen LogP contribution in [-0.2, 0) is 20.9 Å². The van der Waals surface area contributed by atoms with Crippen LogP contribution in [0.3, 0.4) is 0 Å². The Morgan fingerprint density at radius 2 is 1.33 bits per heavy atom. The Kier molecular flexibility index (Phi) is 16.3. The second kappa shape index (κ2) is 18.9. The van der Waals surface area contributed by atoms with Crippen molar-refractivity contribution in [2.45, 2.75) is 103 Å². The number of carbonyl (C=O) groups is 2. The molecule has 0 saturated carbocycles. The van der Waals surface area contributed by atoms with Gasteiger partial charge in [-0.25, -0.2) is 4.79 Å². The average Bonchev–Trinajstić information content (AvgIpc) is 2.75. The van der Waals surface area contributed by atoms with Gasteiger partial charge in [-0.3, -0.25) is 4.79 Å². The van der Waals surface area contributed by atoms with E-state index in [9.17, 15) is 9.59 Å². The average molecular weight is 417 g/mol. The summed E-state index contributed by atoms with van der Waals surface area (Å²) in [7, 11) is 0. The standard InChI is InChI=1S/C26H40O4/c1-2-3-4-5-6-7-8-9-10-11-12-13-14-15-19-22-25(27)30-26(28)29-23-24-20-17-16-18-21-24/h9-10,16-18,20-21H,2-8,11-15,19,22-23H2,1H3. The first-order valence-corrected chi connectivity index (χ1v) is 11.8. The number of ether oxygens (including phenoxy) is 2. The van der Waals surface area contributed by atoms with Crippen molar-refractivity contribution in [3.63, 3.8) is 0 Å². The monoisotopic (exact) mass is 416 g/mol. The zero-order valence-corrected chi connectivity index (χ0v) is 18.8. The van der Waals surface area contributed by atoms with Crippen LogP contribution in [0.2, 0.25) is 0 Å². The van der Waals surface area contributed by atoms with Crippen molar-refractivity contribution < 1.29 is 19.1 Å². The van der Waals surface area contributed by atoms with Gasteiger partial charge >= 0.3 is 12.1 Å². The first kappa shape index (κ1) is 25.9. The van der Waals surface area contributed by atoms with Crippen molar-refractivity contribution in [3.05, 3.63) is 48.0 Å². The lowest BCUT2D eigenvalue weighted by Gasteiger charge is -2.05. The molecule has 0 aliphatic carbocycles. The predicted octanol–water partition coefficient (Wildman–Crippen LogP) is 7.90. The number of allylic oxidation sites excluding steroid dienone is 2. The summed E-state index contributed by atoms with van der Waals surface area (Å²) < 4.78 is 9.62. The summed E-state index contributed by atoms with van der Waals surface area (Å²) in [5.74, 6) is -0.509. The summed E-state index contributed by atoms with van der Waals surface area (Å²) in [6, 6.07) is 9.31. The molecular weight excluding hydrogens is 376 g/mol. The summed E-state index contributed by atoms with van der Waals surface area (Å²) in [6.45, 7) is 2.36. The molecule has 0 radical (unpaired) electrons. The molecule has 0 saturated heterocycles. The van der Waals surface area contributed by atoms with E-state index in [0.717, 1.165) is 31.2 Å². The summed E-state index contributed by atoms with van der Waals surface area (Å²) in [6.07, 6.45) is 19.7. The fourth-order valence-corrected chi connectivity index (χ4v) is 3.23. The molecule has 0 unspecified atom stereocenters. The van der Waals surface area contributed by atoms with Gasteiger partial charge in [0.1, 0.15) is 6.61 Å². The van der Waals surface area contributed by atoms with Gasteiger partial charge in [-0.2, -0.15) is 0 Å². The van der Waals surface area contributed by atoms with Crippen molar-refractivity contribution in [1.29, 1.82) is 0 Å². The van der Waals surface area contributed by atoms with E-state index in [0.29, 0.717) is 0 Å². The zero-order valence-electron chi connectivity index (χ0n) is 18.8. The summed E-state index contributed by atoms with van der Waals surface area (Å²) in [4.78, 5) is 23.2. The quantitative estimate of drug-likeness (QED) is 0.112. The van der Waals surface area contributed by atoms with Gasteiger partial charge in [-0.15, -0.1) is 0 Å². The van der Waals surface area contributed by atoms with Crippen LogP contribution in [0.25, 0.3) is 0 Å². The van der Waals surface area contributed by atoms with Crippen LogP contribution >= 0.6 is 0 Å². The fraction of sp³-hybridized carbons (Fsp3) is 0.615. The smallest absolute Gasteiger partial charge is 0.429 e. The van der Waals surface area contributed by atoms with E-state index in [2.05, 4.69) is 23.8 Å². The minimum absolute atomic E-state index is 0.111. The topological polar surface area (TPSA) is 52.6 Å². The van der Waals surface area contributed by atoms with Gasteiger partial charge in [0.05, 0.1) is 0 Å². The van der Waals surface area contributed by atoms with Crippen LogP contribution < -0.4 is 0 Å². The molecule has 0 aliphatic heterocycles. The second-order valence-electron chi connectivity index (χ2n) is 7.83. The third-order valence-corrected chi connectivity index (χ3v) is 5.04. The highest BCUT2D eigenvalue weighted by molar-refractivity contribution is 5.81. The third kappa shape index (κ3) is 15.8. The van der Waals surface area contributed by atoms with Crippen LogP contribution in [0, 0.1) is 0 Å². The number of rotatable bonds is 17. The molecule has 0 spiro atoms. The van der Waals surface area contributed by atoms with Gasteiger partial charge in [0, 0.05) is 6.42 Å². The number of benzene rings is 1. The lowest BCUT2D eigenvalue weighted by Crippen LogP contribution is -2.13. The van der Waals surface area contributed by atoms with Crippen LogP contribution in [0.15, 0.2) is 42.5 Å². The van der Waals surface area contributed by atoms with Gasteiger partial charge in [0.15, 0.2) is 0 Å². The number of unbranched alkanes of at least 4 members (excludes halogenated alkanes) is 11. The largest absolute Gasteiger partial charge is 0.516 e. The molecule has 1 aromatic carbocycles. The van der Waals surface area contributed by atoms with Crippen LogP contribution in [0.1, 0.15) is 102 Å².